The first-order valence-corrected chi connectivity index (χ1v) is 8.38. The normalized spacial score (nSPS) is 11.6. The Hall–Kier alpha value is -2.20. The summed E-state index contributed by atoms with van der Waals surface area (Å²) in [5.41, 5.74) is 0.997. The molecule has 2 aromatic rings. The van der Waals surface area contributed by atoms with Crippen molar-refractivity contribution in [3.8, 4) is 11.5 Å². The Bertz CT molecular complexity index is 658. The van der Waals surface area contributed by atoms with Crippen molar-refractivity contribution in [3.63, 3.8) is 0 Å². The van der Waals surface area contributed by atoms with Crippen LogP contribution in [0.1, 0.15) is 25.8 Å². The van der Waals surface area contributed by atoms with Gasteiger partial charge in [-0.1, -0.05) is 42.8 Å². The molecule has 0 saturated carbocycles. The average Bonchev–Trinajstić information content (AvgIpc) is 2.60. The third-order valence-corrected chi connectivity index (χ3v) is 3.68. The van der Waals surface area contributed by atoms with Gasteiger partial charge in [0, 0.05) is 6.54 Å². The molecule has 24 heavy (non-hydrogen) atoms. The van der Waals surface area contributed by atoms with Crippen molar-refractivity contribution in [2.45, 2.75) is 32.9 Å². The topological polar surface area (TPSA) is 47.6 Å². The summed E-state index contributed by atoms with van der Waals surface area (Å²) >= 11 is 6.03. The Kier molecular flexibility index (Phi) is 6.94. The van der Waals surface area contributed by atoms with Crippen LogP contribution in [0.25, 0.3) is 0 Å². The Morgan fingerprint density at radius 2 is 1.88 bits per heavy atom. The van der Waals surface area contributed by atoms with E-state index >= 15 is 0 Å². The minimum Gasteiger partial charge on any atom is -0.494 e. The Morgan fingerprint density at radius 1 is 1.17 bits per heavy atom. The van der Waals surface area contributed by atoms with Gasteiger partial charge in [-0.2, -0.15) is 0 Å². The molecule has 0 bridgehead atoms. The molecule has 0 aliphatic rings. The van der Waals surface area contributed by atoms with Crippen LogP contribution in [0.4, 0.5) is 0 Å². The standard InChI is InChI=1S/C19H22ClNO3/c1-3-12-23-16-10-8-15(9-11-16)13-21-19(22)14(2)24-18-7-5-4-6-17(18)20/h4-11,14H,3,12-13H2,1-2H3,(H,21,22). The molecule has 1 unspecified atom stereocenters. The summed E-state index contributed by atoms with van der Waals surface area (Å²) in [7, 11) is 0. The molecule has 0 saturated heterocycles. The van der Waals surface area contributed by atoms with Crippen LogP contribution < -0.4 is 14.8 Å². The quantitative estimate of drug-likeness (QED) is 0.778. The molecule has 2 aromatic carbocycles. The fourth-order valence-corrected chi connectivity index (χ4v) is 2.22. The van der Waals surface area contributed by atoms with E-state index in [2.05, 4.69) is 12.2 Å². The Morgan fingerprint density at radius 3 is 2.54 bits per heavy atom. The van der Waals surface area contributed by atoms with Crippen molar-refractivity contribution in [2.24, 2.45) is 0 Å². The zero-order valence-electron chi connectivity index (χ0n) is 13.9. The third-order valence-electron chi connectivity index (χ3n) is 3.37. The van der Waals surface area contributed by atoms with Gasteiger partial charge in [0.2, 0.25) is 0 Å². The molecule has 0 radical (unpaired) electrons. The maximum atomic E-state index is 12.1. The van der Waals surface area contributed by atoms with Crippen LogP contribution in [0.15, 0.2) is 48.5 Å². The summed E-state index contributed by atoms with van der Waals surface area (Å²) in [6.07, 6.45) is 0.346. The second-order valence-corrected chi connectivity index (χ2v) is 5.81. The second kappa shape index (κ2) is 9.18. The van der Waals surface area contributed by atoms with Crippen LogP contribution in [0, 0.1) is 0 Å². The van der Waals surface area contributed by atoms with Gasteiger partial charge in [-0.3, -0.25) is 4.79 Å². The summed E-state index contributed by atoms with van der Waals surface area (Å²) in [6, 6.07) is 14.8. The first-order valence-electron chi connectivity index (χ1n) is 8.00. The smallest absolute Gasteiger partial charge is 0.261 e. The average molecular weight is 348 g/mol. The number of carbonyl (C=O) groups excluding carboxylic acids is 1. The van der Waals surface area contributed by atoms with E-state index in [0.717, 1.165) is 17.7 Å². The van der Waals surface area contributed by atoms with Gasteiger partial charge in [-0.15, -0.1) is 0 Å². The Labute approximate surface area is 147 Å². The first kappa shape index (κ1) is 18.1. The van der Waals surface area contributed by atoms with E-state index in [-0.39, 0.29) is 5.91 Å². The zero-order valence-corrected chi connectivity index (χ0v) is 14.7. The van der Waals surface area contributed by atoms with Crippen molar-refractivity contribution in [2.75, 3.05) is 6.61 Å². The number of benzene rings is 2. The third kappa shape index (κ3) is 5.46. The maximum absolute atomic E-state index is 12.1. The van der Waals surface area contributed by atoms with Gasteiger partial charge >= 0.3 is 0 Å². The van der Waals surface area contributed by atoms with E-state index in [0.29, 0.717) is 23.9 Å². The number of nitrogens with one attached hydrogen (secondary N) is 1. The molecule has 0 fully saturated rings. The summed E-state index contributed by atoms with van der Waals surface area (Å²) in [5, 5.41) is 3.34. The molecule has 0 aliphatic carbocycles. The van der Waals surface area contributed by atoms with E-state index in [1.807, 2.05) is 36.4 Å². The maximum Gasteiger partial charge on any atom is 0.261 e. The van der Waals surface area contributed by atoms with Gasteiger partial charge < -0.3 is 14.8 Å². The number of rotatable bonds is 8. The molecule has 0 spiro atoms. The van der Waals surface area contributed by atoms with Gasteiger partial charge in [0.1, 0.15) is 11.5 Å². The van der Waals surface area contributed by atoms with E-state index in [1.165, 1.54) is 0 Å². The number of para-hydroxylation sites is 1. The van der Waals surface area contributed by atoms with Crippen LogP contribution in [0.2, 0.25) is 5.02 Å². The first-order chi connectivity index (χ1) is 11.6. The number of ether oxygens (including phenoxy) is 2. The molecule has 1 amide bonds. The van der Waals surface area contributed by atoms with Gasteiger partial charge in [0.05, 0.1) is 11.6 Å². The molecule has 0 aliphatic heterocycles. The number of carbonyl (C=O) groups is 1. The van der Waals surface area contributed by atoms with Crippen LogP contribution in [-0.2, 0) is 11.3 Å². The lowest BCUT2D eigenvalue weighted by Crippen LogP contribution is -2.35. The van der Waals surface area contributed by atoms with Gasteiger partial charge in [0.25, 0.3) is 5.91 Å². The van der Waals surface area contributed by atoms with Crippen LogP contribution in [0.3, 0.4) is 0 Å². The van der Waals surface area contributed by atoms with Gasteiger partial charge in [0.15, 0.2) is 6.10 Å². The molecule has 5 heteroatoms. The fraction of sp³-hybridized carbons (Fsp3) is 0.316. The van der Waals surface area contributed by atoms with Crippen LogP contribution in [-0.4, -0.2) is 18.6 Å². The minimum absolute atomic E-state index is 0.193. The van der Waals surface area contributed by atoms with Crippen molar-refractivity contribution in [3.05, 3.63) is 59.1 Å². The highest BCUT2D eigenvalue weighted by atomic mass is 35.5. The van der Waals surface area contributed by atoms with Crippen molar-refractivity contribution in [1.82, 2.24) is 5.32 Å². The predicted molar refractivity (Wildman–Crippen MR) is 95.6 cm³/mol. The SMILES string of the molecule is CCCOc1ccc(CNC(=O)C(C)Oc2ccccc2Cl)cc1. The summed E-state index contributed by atoms with van der Waals surface area (Å²) in [4.78, 5) is 12.1. The summed E-state index contributed by atoms with van der Waals surface area (Å²) < 4.78 is 11.1. The second-order valence-electron chi connectivity index (χ2n) is 5.40. The largest absolute Gasteiger partial charge is 0.494 e. The lowest BCUT2D eigenvalue weighted by Gasteiger charge is -2.15. The molecule has 1 N–H and O–H groups in total. The minimum atomic E-state index is -0.628. The number of hydrogen-bond donors (Lipinski definition) is 1. The van der Waals surface area contributed by atoms with Gasteiger partial charge in [-0.05, 0) is 43.2 Å². The zero-order chi connectivity index (χ0) is 17.4. The molecular weight excluding hydrogens is 326 g/mol. The molecule has 128 valence electrons. The molecule has 1 atom stereocenters. The molecule has 0 aromatic heterocycles. The number of halogens is 1. The van der Waals surface area contributed by atoms with Crippen molar-refractivity contribution in [1.29, 1.82) is 0 Å². The van der Waals surface area contributed by atoms with Crippen molar-refractivity contribution >= 4 is 17.5 Å². The highest BCUT2D eigenvalue weighted by molar-refractivity contribution is 6.32. The highest BCUT2D eigenvalue weighted by Crippen LogP contribution is 2.24. The van der Waals surface area contributed by atoms with Crippen LogP contribution in [0.5, 0.6) is 11.5 Å². The van der Waals surface area contributed by atoms with E-state index in [4.69, 9.17) is 21.1 Å². The van der Waals surface area contributed by atoms with E-state index in [9.17, 15) is 4.79 Å². The Balaban J connectivity index is 1.82. The summed E-state index contributed by atoms with van der Waals surface area (Å²) in [5.74, 6) is 1.14. The van der Waals surface area contributed by atoms with E-state index in [1.54, 1.807) is 19.1 Å². The monoisotopic (exact) mass is 347 g/mol. The fourth-order valence-electron chi connectivity index (χ4n) is 2.04. The van der Waals surface area contributed by atoms with Crippen LogP contribution >= 0.6 is 11.6 Å². The highest BCUT2D eigenvalue weighted by Gasteiger charge is 2.15. The predicted octanol–water partition coefficient (Wildman–Crippen LogP) is 4.21. The molecular formula is C19H22ClNO3. The van der Waals surface area contributed by atoms with Gasteiger partial charge in [-0.25, -0.2) is 0 Å². The van der Waals surface area contributed by atoms with Crippen molar-refractivity contribution < 1.29 is 14.3 Å². The molecule has 0 heterocycles. The van der Waals surface area contributed by atoms with E-state index < -0.39 is 6.10 Å². The molecule has 4 nitrogen and oxygen atoms in total. The number of amides is 1. The lowest BCUT2D eigenvalue weighted by atomic mass is 10.2. The summed E-state index contributed by atoms with van der Waals surface area (Å²) in [6.45, 7) is 4.90. The lowest BCUT2D eigenvalue weighted by molar-refractivity contribution is -0.127. The number of hydrogen-bond acceptors (Lipinski definition) is 3. The molecule has 2 rings (SSSR count).